The predicted molar refractivity (Wildman–Crippen MR) is 84.9 cm³/mol. The Balaban J connectivity index is 1.84. The molecule has 114 valence electrons. The maximum atomic E-state index is 11.5. The molecule has 0 radical (unpaired) electrons. The van der Waals surface area contributed by atoms with Crippen LogP contribution < -0.4 is 4.74 Å². The third-order valence-corrected chi connectivity index (χ3v) is 4.12. The van der Waals surface area contributed by atoms with Gasteiger partial charge in [-0.25, -0.2) is 0 Å². The van der Waals surface area contributed by atoms with E-state index in [-0.39, 0.29) is 18.5 Å². The molecule has 1 aliphatic rings. The minimum absolute atomic E-state index is 0.0590. The van der Waals surface area contributed by atoms with Crippen LogP contribution >= 0.6 is 0 Å². The van der Waals surface area contributed by atoms with E-state index < -0.39 is 0 Å². The fourth-order valence-corrected chi connectivity index (χ4v) is 2.98. The van der Waals surface area contributed by atoms with E-state index in [1.165, 1.54) is 18.2 Å². The van der Waals surface area contributed by atoms with Gasteiger partial charge < -0.3 is 9.47 Å². The van der Waals surface area contributed by atoms with Gasteiger partial charge in [-0.1, -0.05) is 42.5 Å². The van der Waals surface area contributed by atoms with Crippen LogP contribution in [0, 0.1) is 0 Å². The molecule has 1 atom stereocenters. The lowest BCUT2D eigenvalue weighted by Crippen LogP contribution is -2.16. The van der Waals surface area contributed by atoms with Gasteiger partial charge in [-0.05, 0) is 36.5 Å². The van der Waals surface area contributed by atoms with Crippen molar-refractivity contribution in [1.82, 2.24) is 0 Å². The first-order valence-corrected chi connectivity index (χ1v) is 7.67. The van der Waals surface area contributed by atoms with Crippen LogP contribution in [0.1, 0.15) is 35.6 Å². The fraction of sp³-hybridized carbons (Fsp3) is 0.316. The fourth-order valence-electron chi connectivity index (χ4n) is 2.98. The summed E-state index contributed by atoms with van der Waals surface area (Å²) in [6.45, 7) is 0. The zero-order valence-electron chi connectivity index (χ0n) is 12.7. The second kappa shape index (κ2) is 6.65. The number of carbonyl (C=O) groups is 1. The first kappa shape index (κ1) is 14.6. The number of carbonyl (C=O) groups excluding carboxylic acids is 1. The Morgan fingerprint density at radius 1 is 1.14 bits per heavy atom. The Hall–Kier alpha value is -2.29. The number of ether oxygens (including phenoxy) is 2. The molecule has 1 unspecified atom stereocenters. The van der Waals surface area contributed by atoms with Gasteiger partial charge in [-0.15, -0.1) is 0 Å². The van der Waals surface area contributed by atoms with Crippen molar-refractivity contribution >= 4 is 5.97 Å². The van der Waals surface area contributed by atoms with Gasteiger partial charge in [0.2, 0.25) is 0 Å². The molecule has 3 nitrogen and oxygen atoms in total. The number of fused-ring (bicyclic) bond motifs is 1. The molecule has 0 bridgehead atoms. The van der Waals surface area contributed by atoms with Crippen LogP contribution in [0.4, 0.5) is 0 Å². The lowest BCUT2D eigenvalue weighted by molar-refractivity contribution is -0.139. The summed E-state index contributed by atoms with van der Waals surface area (Å²) in [7, 11) is 1.41. The van der Waals surface area contributed by atoms with E-state index in [1.54, 1.807) is 0 Å². The average molecular weight is 296 g/mol. The molecule has 0 fully saturated rings. The predicted octanol–water partition coefficient (Wildman–Crippen LogP) is 3.86. The van der Waals surface area contributed by atoms with E-state index in [0.717, 1.165) is 30.6 Å². The molecular formula is C19H20O3. The summed E-state index contributed by atoms with van der Waals surface area (Å²) in [6, 6.07) is 16.1. The molecule has 0 N–H and O–H groups in total. The van der Waals surface area contributed by atoms with E-state index in [0.29, 0.717) is 0 Å². The van der Waals surface area contributed by atoms with Gasteiger partial charge in [0.1, 0.15) is 11.9 Å². The molecule has 0 spiro atoms. The van der Waals surface area contributed by atoms with Gasteiger partial charge in [-0.3, -0.25) is 4.79 Å². The molecule has 3 heteroatoms. The highest BCUT2D eigenvalue weighted by atomic mass is 16.5. The van der Waals surface area contributed by atoms with E-state index in [2.05, 4.69) is 24.3 Å². The first-order valence-electron chi connectivity index (χ1n) is 7.67. The quantitative estimate of drug-likeness (QED) is 0.804. The van der Waals surface area contributed by atoms with Crippen LogP contribution in [0.5, 0.6) is 5.75 Å². The number of hydrogen-bond donors (Lipinski definition) is 0. The van der Waals surface area contributed by atoms with Gasteiger partial charge in [0.05, 0.1) is 13.5 Å². The summed E-state index contributed by atoms with van der Waals surface area (Å²) in [5.41, 5.74) is 3.50. The molecule has 0 amide bonds. The largest absolute Gasteiger partial charge is 0.485 e. The first-order chi connectivity index (χ1) is 10.8. The standard InChI is InChI=1S/C19H20O3/c1-21-19(20)13-15-8-3-5-11-17(15)22-18-12-6-9-14-7-2-4-10-16(14)18/h2-5,7-8,10-11,18H,6,9,12-13H2,1H3. The number of benzene rings is 2. The average Bonchev–Trinajstić information content (AvgIpc) is 2.57. The number of rotatable bonds is 4. The number of hydrogen-bond acceptors (Lipinski definition) is 3. The van der Waals surface area contributed by atoms with Crippen LogP contribution in [0.15, 0.2) is 48.5 Å². The Kier molecular flexibility index (Phi) is 4.42. The summed E-state index contributed by atoms with van der Waals surface area (Å²) < 4.78 is 11.0. The second-order valence-corrected chi connectivity index (χ2v) is 5.56. The summed E-state index contributed by atoms with van der Waals surface area (Å²) in [4.78, 5) is 11.5. The minimum Gasteiger partial charge on any atom is -0.485 e. The lowest BCUT2D eigenvalue weighted by atomic mass is 9.89. The van der Waals surface area contributed by atoms with E-state index in [9.17, 15) is 4.79 Å². The number of esters is 1. The normalized spacial score (nSPS) is 16.7. The Labute approximate surface area is 130 Å². The smallest absolute Gasteiger partial charge is 0.310 e. The van der Waals surface area contributed by atoms with Crippen molar-refractivity contribution in [3.05, 3.63) is 65.2 Å². The molecule has 0 heterocycles. The van der Waals surface area contributed by atoms with Crippen molar-refractivity contribution in [1.29, 1.82) is 0 Å². The lowest BCUT2D eigenvalue weighted by Gasteiger charge is -2.27. The van der Waals surface area contributed by atoms with Crippen LogP contribution in [0.3, 0.4) is 0 Å². The van der Waals surface area contributed by atoms with Crippen molar-refractivity contribution in [2.24, 2.45) is 0 Å². The molecular weight excluding hydrogens is 276 g/mol. The Morgan fingerprint density at radius 2 is 1.91 bits per heavy atom. The maximum absolute atomic E-state index is 11.5. The molecule has 0 saturated heterocycles. The Bertz CT molecular complexity index is 663. The summed E-state index contributed by atoms with van der Waals surface area (Å²) in [6.07, 6.45) is 3.54. The molecule has 0 aliphatic heterocycles. The summed E-state index contributed by atoms with van der Waals surface area (Å²) in [5.74, 6) is 0.523. The van der Waals surface area contributed by atoms with Crippen molar-refractivity contribution < 1.29 is 14.3 Å². The van der Waals surface area contributed by atoms with Crippen LogP contribution in [-0.4, -0.2) is 13.1 Å². The number of aryl methyl sites for hydroxylation is 1. The van der Waals surface area contributed by atoms with Crippen molar-refractivity contribution in [3.63, 3.8) is 0 Å². The van der Waals surface area contributed by atoms with Crippen LogP contribution in [0.25, 0.3) is 0 Å². The molecule has 0 aromatic heterocycles. The highest BCUT2D eigenvalue weighted by Crippen LogP contribution is 2.34. The van der Waals surface area contributed by atoms with Gasteiger partial charge in [-0.2, -0.15) is 0 Å². The third kappa shape index (κ3) is 3.14. The monoisotopic (exact) mass is 296 g/mol. The van der Waals surface area contributed by atoms with Gasteiger partial charge in [0.15, 0.2) is 0 Å². The van der Waals surface area contributed by atoms with Gasteiger partial charge in [0, 0.05) is 5.56 Å². The highest BCUT2D eigenvalue weighted by Gasteiger charge is 2.22. The number of para-hydroxylation sites is 1. The topological polar surface area (TPSA) is 35.5 Å². The van der Waals surface area contributed by atoms with Gasteiger partial charge in [0.25, 0.3) is 0 Å². The second-order valence-electron chi connectivity index (χ2n) is 5.56. The minimum atomic E-state index is -0.250. The zero-order chi connectivity index (χ0) is 15.4. The van der Waals surface area contributed by atoms with Crippen molar-refractivity contribution in [2.75, 3.05) is 7.11 Å². The summed E-state index contributed by atoms with van der Waals surface area (Å²) in [5, 5.41) is 0. The van der Waals surface area contributed by atoms with E-state index >= 15 is 0 Å². The highest BCUT2D eigenvalue weighted by molar-refractivity contribution is 5.73. The molecule has 1 aliphatic carbocycles. The van der Waals surface area contributed by atoms with E-state index in [4.69, 9.17) is 9.47 Å². The molecule has 2 aromatic rings. The van der Waals surface area contributed by atoms with Crippen LogP contribution in [-0.2, 0) is 22.4 Å². The van der Waals surface area contributed by atoms with Crippen LogP contribution in [0.2, 0.25) is 0 Å². The van der Waals surface area contributed by atoms with Crippen molar-refractivity contribution in [2.45, 2.75) is 31.8 Å². The van der Waals surface area contributed by atoms with Gasteiger partial charge >= 0.3 is 5.97 Å². The zero-order valence-corrected chi connectivity index (χ0v) is 12.7. The Morgan fingerprint density at radius 3 is 2.77 bits per heavy atom. The molecule has 22 heavy (non-hydrogen) atoms. The van der Waals surface area contributed by atoms with E-state index in [1.807, 2.05) is 24.3 Å². The maximum Gasteiger partial charge on any atom is 0.310 e. The summed E-state index contributed by atoms with van der Waals surface area (Å²) >= 11 is 0. The van der Waals surface area contributed by atoms with Crippen molar-refractivity contribution in [3.8, 4) is 5.75 Å². The molecule has 2 aromatic carbocycles. The third-order valence-electron chi connectivity index (χ3n) is 4.12. The molecule has 0 saturated carbocycles. The number of methoxy groups -OCH3 is 1. The molecule has 3 rings (SSSR count). The SMILES string of the molecule is COC(=O)Cc1ccccc1OC1CCCc2ccccc21.